The average Bonchev–Trinajstić information content (AvgIpc) is 3.46. The number of unbranched alkanes of at least 4 members (excludes halogenated alkanes) is 40. The minimum atomic E-state index is -1.67. The van der Waals surface area contributed by atoms with E-state index in [1.807, 2.05) is 0 Å². The van der Waals surface area contributed by atoms with E-state index in [9.17, 15) is 40.5 Å². The maximum absolute atomic E-state index is 13.2. The van der Waals surface area contributed by atoms with Crippen molar-refractivity contribution in [1.82, 2.24) is 5.32 Å². The molecular formula is C67H127NO10. The Balaban J connectivity index is 2.25. The fraction of sp³-hybridized carbons (Fsp3) is 0.896. The van der Waals surface area contributed by atoms with Gasteiger partial charge < -0.3 is 50.5 Å². The van der Waals surface area contributed by atoms with E-state index in [2.05, 4.69) is 55.6 Å². The second kappa shape index (κ2) is 55.8. The summed E-state index contributed by atoms with van der Waals surface area (Å²) in [6, 6.07) is -1.19. The molecule has 9 unspecified atom stereocenters. The molecule has 0 aromatic rings. The number of carbonyl (C=O) groups is 1. The van der Waals surface area contributed by atoms with Crippen LogP contribution in [0.15, 0.2) is 36.5 Å². The highest BCUT2D eigenvalue weighted by Gasteiger charge is 2.44. The second-order valence-corrected chi connectivity index (χ2v) is 23.5. The van der Waals surface area contributed by atoms with E-state index in [4.69, 9.17) is 9.47 Å². The molecule has 78 heavy (non-hydrogen) atoms. The van der Waals surface area contributed by atoms with Crippen LogP contribution in [-0.4, -0.2) is 110 Å². The SMILES string of the molecule is CCCCCCCCCCC/C=C\C/C=C\CCCCCCCCC(O)C(=O)NC(COC1OC(CO)C(O)C(O)C1O)C(O)C(O)CCC/C=C/CCCCCCCCCCCCCCCCCCCCCCCCCC. The molecule has 1 heterocycles. The lowest BCUT2D eigenvalue weighted by Crippen LogP contribution is -2.60. The molecule has 0 bridgehead atoms. The molecule has 1 rings (SSSR count). The summed E-state index contributed by atoms with van der Waals surface area (Å²) in [5.41, 5.74) is 0. The predicted molar refractivity (Wildman–Crippen MR) is 325 cm³/mol. The molecule has 0 radical (unpaired) electrons. The maximum Gasteiger partial charge on any atom is 0.249 e. The molecule has 0 saturated carbocycles. The van der Waals surface area contributed by atoms with E-state index in [0.717, 1.165) is 64.2 Å². The van der Waals surface area contributed by atoms with Crippen LogP contribution < -0.4 is 5.32 Å². The van der Waals surface area contributed by atoms with Gasteiger partial charge in [0.05, 0.1) is 25.4 Å². The zero-order valence-corrected chi connectivity index (χ0v) is 50.7. The van der Waals surface area contributed by atoms with Crippen molar-refractivity contribution in [3.8, 4) is 0 Å². The van der Waals surface area contributed by atoms with Gasteiger partial charge in [-0.05, 0) is 70.6 Å². The van der Waals surface area contributed by atoms with Gasteiger partial charge in [0.2, 0.25) is 5.91 Å². The van der Waals surface area contributed by atoms with Gasteiger partial charge in [-0.3, -0.25) is 4.79 Å². The number of ether oxygens (including phenoxy) is 2. The Morgan fingerprint density at radius 1 is 0.449 bits per heavy atom. The zero-order valence-electron chi connectivity index (χ0n) is 50.7. The lowest BCUT2D eigenvalue weighted by Gasteiger charge is -2.40. The van der Waals surface area contributed by atoms with Crippen molar-refractivity contribution >= 4 is 5.91 Å². The van der Waals surface area contributed by atoms with Crippen LogP contribution in [0.1, 0.15) is 316 Å². The van der Waals surface area contributed by atoms with E-state index < -0.39 is 74.2 Å². The Hall–Kier alpha value is -1.67. The Morgan fingerprint density at radius 3 is 1.18 bits per heavy atom. The van der Waals surface area contributed by atoms with Gasteiger partial charge in [-0.1, -0.05) is 281 Å². The van der Waals surface area contributed by atoms with Gasteiger partial charge in [-0.15, -0.1) is 0 Å². The molecule has 1 amide bonds. The summed E-state index contributed by atoms with van der Waals surface area (Å²) in [4.78, 5) is 13.2. The molecule has 9 atom stereocenters. The summed E-state index contributed by atoms with van der Waals surface area (Å²) >= 11 is 0. The summed E-state index contributed by atoms with van der Waals surface area (Å²) in [7, 11) is 0. The predicted octanol–water partition coefficient (Wildman–Crippen LogP) is 15.4. The minimum absolute atomic E-state index is 0.242. The van der Waals surface area contributed by atoms with E-state index in [1.165, 1.54) is 212 Å². The van der Waals surface area contributed by atoms with Crippen molar-refractivity contribution in [3.63, 3.8) is 0 Å². The number of nitrogens with one attached hydrogen (secondary N) is 1. The molecule has 0 aliphatic carbocycles. The third-order valence-corrected chi connectivity index (χ3v) is 16.2. The number of allylic oxidation sites excluding steroid dienone is 6. The summed E-state index contributed by atoms with van der Waals surface area (Å²) in [6.45, 7) is 3.48. The van der Waals surface area contributed by atoms with Crippen molar-refractivity contribution in [1.29, 1.82) is 0 Å². The fourth-order valence-corrected chi connectivity index (χ4v) is 10.8. The van der Waals surface area contributed by atoms with Crippen LogP contribution in [0.5, 0.6) is 0 Å². The van der Waals surface area contributed by atoms with Crippen molar-refractivity contribution in [2.75, 3.05) is 13.2 Å². The van der Waals surface area contributed by atoms with Crippen molar-refractivity contribution in [2.45, 2.75) is 371 Å². The Morgan fingerprint density at radius 2 is 0.795 bits per heavy atom. The minimum Gasteiger partial charge on any atom is -0.394 e. The van der Waals surface area contributed by atoms with Crippen LogP contribution in [0.2, 0.25) is 0 Å². The number of amides is 1. The largest absolute Gasteiger partial charge is 0.394 e. The number of carbonyl (C=O) groups excluding carboxylic acids is 1. The van der Waals surface area contributed by atoms with Crippen molar-refractivity contribution < 1.29 is 50.0 Å². The Bertz CT molecular complexity index is 1360. The summed E-state index contributed by atoms with van der Waals surface area (Å²) in [6.07, 6.45) is 59.4. The van der Waals surface area contributed by atoms with Gasteiger partial charge in [-0.25, -0.2) is 0 Å². The Labute approximate surface area is 479 Å². The van der Waals surface area contributed by atoms with Crippen LogP contribution >= 0.6 is 0 Å². The first kappa shape index (κ1) is 74.3. The monoisotopic (exact) mass is 1110 g/mol. The summed E-state index contributed by atoms with van der Waals surface area (Å²) < 4.78 is 11.2. The maximum atomic E-state index is 13.2. The fourth-order valence-electron chi connectivity index (χ4n) is 10.8. The molecular weight excluding hydrogens is 979 g/mol. The van der Waals surface area contributed by atoms with E-state index >= 15 is 0 Å². The molecule has 11 nitrogen and oxygen atoms in total. The molecule has 11 heteroatoms. The number of aliphatic hydroxyl groups is 7. The highest BCUT2D eigenvalue weighted by atomic mass is 16.7. The number of rotatable bonds is 58. The van der Waals surface area contributed by atoms with Gasteiger partial charge in [0, 0.05) is 0 Å². The van der Waals surface area contributed by atoms with Crippen LogP contribution in [0.3, 0.4) is 0 Å². The molecule has 1 saturated heterocycles. The van der Waals surface area contributed by atoms with Gasteiger partial charge in [0.25, 0.3) is 0 Å². The molecule has 1 fully saturated rings. The molecule has 460 valence electrons. The lowest BCUT2D eigenvalue weighted by molar-refractivity contribution is -0.303. The van der Waals surface area contributed by atoms with Crippen LogP contribution in [0.25, 0.3) is 0 Å². The van der Waals surface area contributed by atoms with Crippen LogP contribution in [0.4, 0.5) is 0 Å². The van der Waals surface area contributed by atoms with Crippen LogP contribution in [0, 0.1) is 0 Å². The normalized spacial score (nSPS) is 19.6. The first-order chi connectivity index (χ1) is 38.2. The third kappa shape index (κ3) is 43.1. The topological polar surface area (TPSA) is 189 Å². The smallest absolute Gasteiger partial charge is 0.249 e. The molecule has 1 aliphatic heterocycles. The van der Waals surface area contributed by atoms with E-state index in [1.54, 1.807) is 0 Å². The number of hydrogen-bond acceptors (Lipinski definition) is 10. The van der Waals surface area contributed by atoms with Crippen molar-refractivity contribution in [3.05, 3.63) is 36.5 Å². The highest BCUT2D eigenvalue weighted by Crippen LogP contribution is 2.24. The summed E-state index contributed by atoms with van der Waals surface area (Å²) in [5, 5.41) is 76.4. The molecule has 1 aliphatic rings. The molecule has 8 N–H and O–H groups in total. The first-order valence-corrected chi connectivity index (χ1v) is 33.4. The highest BCUT2D eigenvalue weighted by molar-refractivity contribution is 5.80. The van der Waals surface area contributed by atoms with Crippen LogP contribution in [-0.2, 0) is 14.3 Å². The van der Waals surface area contributed by atoms with E-state index in [-0.39, 0.29) is 12.8 Å². The quantitative estimate of drug-likeness (QED) is 0.0215. The van der Waals surface area contributed by atoms with E-state index in [0.29, 0.717) is 12.8 Å². The number of aliphatic hydroxyl groups excluding tert-OH is 7. The summed E-state index contributed by atoms with van der Waals surface area (Å²) in [5.74, 6) is -0.711. The zero-order chi connectivity index (χ0) is 56.8. The Kier molecular flexibility index (Phi) is 53.2. The van der Waals surface area contributed by atoms with Gasteiger partial charge in [-0.2, -0.15) is 0 Å². The average molecular weight is 1110 g/mol. The standard InChI is InChI=1S/C67H127NO10/c1-3-5-7-9-11-13-15-17-19-21-23-25-27-28-29-30-31-32-33-35-36-38-40-42-44-46-48-50-52-54-59(70)62(72)58(57-77-67-65(75)64(74)63(73)61(56-69)78-67)68-66(76)60(71)55-53-51-49-47-45-43-41-39-37-34-26-24-22-20-18-16-14-12-10-8-6-4-2/h24,26,37,39,46,48,58-65,67,69-75H,3-23,25,27-36,38,40-45,47,49-57H2,1-2H3,(H,68,76)/b26-24-,39-37-,48-46+. The van der Waals surface area contributed by atoms with Gasteiger partial charge in [0.15, 0.2) is 6.29 Å². The third-order valence-electron chi connectivity index (χ3n) is 16.2. The van der Waals surface area contributed by atoms with Crippen molar-refractivity contribution in [2.24, 2.45) is 0 Å². The molecule has 0 aromatic heterocycles. The lowest BCUT2D eigenvalue weighted by atomic mass is 9.98. The number of hydrogen-bond donors (Lipinski definition) is 8. The molecule has 0 aromatic carbocycles. The van der Waals surface area contributed by atoms with Gasteiger partial charge in [0.1, 0.15) is 36.6 Å². The van der Waals surface area contributed by atoms with Gasteiger partial charge >= 0.3 is 0 Å². The second-order valence-electron chi connectivity index (χ2n) is 23.5. The molecule has 0 spiro atoms. The first-order valence-electron chi connectivity index (χ1n) is 33.4.